The van der Waals surface area contributed by atoms with Crippen LogP contribution in [-0.2, 0) is 11.2 Å². The zero-order chi connectivity index (χ0) is 14.7. The fraction of sp³-hybridized carbons (Fsp3) is 0.667. The molecular weight excluding hydrogens is 262 g/mol. The molecule has 1 heterocycles. The van der Waals surface area contributed by atoms with Gasteiger partial charge in [0.05, 0.1) is 6.10 Å². The molecule has 3 nitrogen and oxygen atoms in total. The van der Waals surface area contributed by atoms with Gasteiger partial charge in [0.15, 0.2) is 0 Å². The minimum absolute atomic E-state index is 0.264. The quantitative estimate of drug-likeness (QED) is 0.869. The van der Waals surface area contributed by atoms with E-state index in [4.69, 9.17) is 4.74 Å². The van der Waals surface area contributed by atoms with Crippen LogP contribution in [0.2, 0.25) is 0 Å². The maximum absolute atomic E-state index is 10.0. The fourth-order valence-corrected chi connectivity index (χ4v) is 3.61. The van der Waals surface area contributed by atoms with E-state index >= 15 is 0 Å². The van der Waals surface area contributed by atoms with Crippen molar-refractivity contribution >= 4 is 5.69 Å². The maximum atomic E-state index is 10.0. The molecule has 116 valence electrons. The first-order chi connectivity index (χ1) is 10.3. The van der Waals surface area contributed by atoms with E-state index in [0.717, 1.165) is 44.5 Å². The van der Waals surface area contributed by atoms with Crippen molar-refractivity contribution in [3.8, 4) is 0 Å². The highest BCUT2D eigenvalue weighted by Gasteiger charge is 2.21. The van der Waals surface area contributed by atoms with Gasteiger partial charge in [-0.1, -0.05) is 13.0 Å². The van der Waals surface area contributed by atoms with Crippen LogP contribution in [0, 0.1) is 5.92 Å². The molecule has 0 aromatic heterocycles. The number of ether oxygens (including phenoxy) is 1. The van der Waals surface area contributed by atoms with Gasteiger partial charge in [-0.05, 0) is 67.7 Å². The summed E-state index contributed by atoms with van der Waals surface area (Å²) < 4.78 is 5.48. The van der Waals surface area contributed by atoms with Gasteiger partial charge < -0.3 is 15.2 Å². The van der Waals surface area contributed by atoms with Crippen molar-refractivity contribution < 1.29 is 9.84 Å². The van der Waals surface area contributed by atoms with Crippen LogP contribution in [0.3, 0.4) is 0 Å². The molecule has 1 aliphatic carbocycles. The van der Waals surface area contributed by atoms with Crippen LogP contribution >= 0.6 is 0 Å². The predicted molar refractivity (Wildman–Crippen MR) is 85.6 cm³/mol. The molecule has 1 aromatic carbocycles. The third-order valence-electron chi connectivity index (χ3n) is 4.93. The van der Waals surface area contributed by atoms with E-state index in [1.165, 1.54) is 24.1 Å². The van der Waals surface area contributed by atoms with E-state index in [2.05, 4.69) is 30.4 Å². The number of aliphatic hydroxyl groups excluding tert-OH is 1. The topological polar surface area (TPSA) is 41.5 Å². The average Bonchev–Trinajstić information content (AvgIpc) is 3.00. The Balaban J connectivity index is 1.65. The van der Waals surface area contributed by atoms with Crippen LogP contribution in [0.1, 0.15) is 56.3 Å². The zero-order valence-corrected chi connectivity index (χ0v) is 13.0. The van der Waals surface area contributed by atoms with Gasteiger partial charge in [-0.25, -0.2) is 0 Å². The van der Waals surface area contributed by atoms with Crippen molar-refractivity contribution in [1.82, 2.24) is 0 Å². The molecule has 0 spiro atoms. The second-order valence-corrected chi connectivity index (χ2v) is 6.54. The summed E-state index contributed by atoms with van der Waals surface area (Å²) in [6.07, 6.45) is 6.35. The van der Waals surface area contributed by atoms with Crippen LogP contribution < -0.4 is 5.32 Å². The first-order valence-electron chi connectivity index (χ1n) is 8.41. The highest BCUT2D eigenvalue weighted by atomic mass is 16.5. The van der Waals surface area contributed by atoms with Crippen molar-refractivity contribution in [3.63, 3.8) is 0 Å². The summed E-state index contributed by atoms with van der Waals surface area (Å²) in [5.41, 5.74) is 3.65. The van der Waals surface area contributed by atoms with Gasteiger partial charge in [0, 0.05) is 24.9 Å². The molecule has 1 saturated heterocycles. The average molecular weight is 289 g/mol. The van der Waals surface area contributed by atoms with Crippen LogP contribution in [0.4, 0.5) is 5.69 Å². The summed E-state index contributed by atoms with van der Waals surface area (Å²) in [5, 5.41) is 13.7. The highest BCUT2D eigenvalue weighted by molar-refractivity contribution is 5.50. The molecule has 3 rings (SSSR count). The third-order valence-corrected chi connectivity index (χ3v) is 4.93. The Morgan fingerprint density at radius 2 is 2.29 bits per heavy atom. The molecule has 1 aromatic rings. The number of benzene rings is 1. The summed E-state index contributed by atoms with van der Waals surface area (Å²) in [5.74, 6) is 0.710. The number of aliphatic hydroxyl groups is 1. The van der Waals surface area contributed by atoms with E-state index < -0.39 is 0 Å². The van der Waals surface area contributed by atoms with Crippen molar-refractivity contribution in [2.75, 3.05) is 18.5 Å². The molecule has 0 radical (unpaired) electrons. The number of fused-ring (bicyclic) bond motifs is 1. The lowest BCUT2D eigenvalue weighted by Gasteiger charge is -2.25. The molecule has 0 amide bonds. The molecule has 2 N–H and O–H groups in total. The number of aryl methyl sites for hydroxylation is 1. The lowest BCUT2D eigenvalue weighted by molar-refractivity contribution is 0.156. The van der Waals surface area contributed by atoms with Crippen LogP contribution in [0.25, 0.3) is 0 Å². The smallest absolute Gasteiger partial charge is 0.0792 e. The normalized spacial score (nSPS) is 26.4. The summed E-state index contributed by atoms with van der Waals surface area (Å²) in [4.78, 5) is 0. The Labute approximate surface area is 127 Å². The number of hydrogen-bond acceptors (Lipinski definition) is 3. The van der Waals surface area contributed by atoms with E-state index in [-0.39, 0.29) is 6.10 Å². The highest BCUT2D eigenvalue weighted by Crippen LogP contribution is 2.32. The summed E-state index contributed by atoms with van der Waals surface area (Å²) in [7, 11) is 0. The Kier molecular flexibility index (Phi) is 4.81. The summed E-state index contributed by atoms with van der Waals surface area (Å²) in [6, 6.07) is 6.99. The van der Waals surface area contributed by atoms with Crippen molar-refractivity contribution in [2.24, 2.45) is 5.92 Å². The van der Waals surface area contributed by atoms with E-state index in [0.29, 0.717) is 12.0 Å². The Morgan fingerprint density at radius 1 is 1.38 bits per heavy atom. The van der Waals surface area contributed by atoms with E-state index in [9.17, 15) is 5.11 Å². The lowest BCUT2D eigenvalue weighted by atomic mass is 9.89. The molecule has 3 heteroatoms. The van der Waals surface area contributed by atoms with Gasteiger partial charge in [-0.2, -0.15) is 0 Å². The van der Waals surface area contributed by atoms with Gasteiger partial charge in [-0.3, -0.25) is 0 Å². The Morgan fingerprint density at radius 3 is 3.05 bits per heavy atom. The SMILES string of the molecule is CCC(CC1CCOC1)Nc1ccc2c(c1)CCCC2O. The molecule has 0 saturated carbocycles. The van der Waals surface area contributed by atoms with Crippen LogP contribution in [0.15, 0.2) is 18.2 Å². The third kappa shape index (κ3) is 3.58. The Hall–Kier alpha value is -1.06. The minimum Gasteiger partial charge on any atom is -0.388 e. The predicted octanol–water partition coefficient (Wildman–Crippen LogP) is 3.67. The molecule has 1 fully saturated rings. The van der Waals surface area contributed by atoms with Gasteiger partial charge >= 0.3 is 0 Å². The van der Waals surface area contributed by atoms with E-state index in [1.54, 1.807) is 0 Å². The second-order valence-electron chi connectivity index (χ2n) is 6.54. The van der Waals surface area contributed by atoms with Gasteiger partial charge in [-0.15, -0.1) is 0 Å². The van der Waals surface area contributed by atoms with Crippen LogP contribution in [-0.4, -0.2) is 24.4 Å². The monoisotopic (exact) mass is 289 g/mol. The molecular formula is C18H27NO2. The number of rotatable bonds is 5. The minimum atomic E-state index is -0.264. The van der Waals surface area contributed by atoms with Crippen molar-refractivity contribution in [3.05, 3.63) is 29.3 Å². The molecule has 21 heavy (non-hydrogen) atoms. The molecule has 3 unspecified atom stereocenters. The van der Waals surface area contributed by atoms with Gasteiger partial charge in [0.2, 0.25) is 0 Å². The second kappa shape index (κ2) is 6.80. The first-order valence-corrected chi connectivity index (χ1v) is 8.41. The lowest BCUT2D eigenvalue weighted by Crippen LogP contribution is -2.23. The van der Waals surface area contributed by atoms with E-state index in [1.807, 2.05) is 0 Å². The fourth-order valence-electron chi connectivity index (χ4n) is 3.61. The number of nitrogens with one attached hydrogen (secondary N) is 1. The Bertz CT molecular complexity index is 468. The molecule has 2 aliphatic rings. The van der Waals surface area contributed by atoms with Gasteiger partial charge in [0.25, 0.3) is 0 Å². The maximum Gasteiger partial charge on any atom is 0.0792 e. The van der Waals surface area contributed by atoms with Crippen LogP contribution in [0.5, 0.6) is 0 Å². The number of anilines is 1. The first kappa shape index (κ1) is 14.9. The summed E-state index contributed by atoms with van der Waals surface area (Å²) in [6.45, 7) is 4.10. The molecule has 0 bridgehead atoms. The standard InChI is InChI=1S/C18H27NO2/c1-2-15(10-13-8-9-21-12-13)19-16-6-7-17-14(11-16)4-3-5-18(17)20/h6-7,11,13,15,18-20H,2-5,8-10,12H2,1H3. The largest absolute Gasteiger partial charge is 0.388 e. The van der Waals surface area contributed by atoms with Gasteiger partial charge in [0.1, 0.15) is 0 Å². The molecule has 1 aliphatic heterocycles. The molecule has 3 atom stereocenters. The zero-order valence-electron chi connectivity index (χ0n) is 13.0. The summed E-state index contributed by atoms with van der Waals surface area (Å²) >= 11 is 0. The van der Waals surface area contributed by atoms with Crippen molar-refractivity contribution in [2.45, 2.75) is 57.6 Å². The van der Waals surface area contributed by atoms with Crippen molar-refractivity contribution in [1.29, 1.82) is 0 Å². The number of hydrogen-bond donors (Lipinski definition) is 2.